The van der Waals surface area contributed by atoms with Crippen LogP contribution in [0.4, 0.5) is 4.39 Å². The summed E-state index contributed by atoms with van der Waals surface area (Å²) in [6, 6.07) is 13.2. The summed E-state index contributed by atoms with van der Waals surface area (Å²) in [6.45, 7) is 4.53. The monoisotopic (exact) mass is 512 g/mol. The molecule has 38 heavy (non-hydrogen) atoms. The van der Waals surface area contributed by atoms with Gasteiger partial charge in [-0.3, -0.25) is 4.79 Å². The minimum absolute atomic E-state index is 0.0265. The fourth-order valence-corrected chi connectivity index (χ4v) is 6.06. The molecule has 1 N–H and O–H groups in total. The number of ether oxygens (including phenoxy) is 2. The molecule has 3 aromatic carbocycles. The van der Waals surface area contributed by atoms with Crippen molar-refractivity contribution in [2.75, 3.05) is 6.61 Å². The van der Waals surface area contributed by atoms with Crippen LogP contribution >= 0.6 is 0 Å². The van der Waals surface area contributed by atoms with Gasteiger partial charge in [0.25, 0.3) is 0 Å². The smallest absolute Gasteiger partial charge is 0.304 e. The molecule has 1 aromatic heterocycles. The Hall–Kier alpha value is -4.13. The maximum absolute atomic E-state index is 15.3. The number of halogens is 1. The van der Waals surface area contributed by atoms with Gasteiger partial charge in [0.2, 0.25) is 0 Å². The second kappa shape index (κ2) is 9.31. The zero-order valence-electron chi connectivity index (χ0n) is 21.6. The molecule has 0 spiro atoms. The Morgan fingerprint density at radius 1 is 1.18 bits per heavy atom. The largest absolute Gasteiger partial charge is 0.492 e. The summed E-state index contributed by atoms with van der Waals surface area (Å²) >= 11 is 0. The van der Waals surface area contributed by atoms with Gasteiger partial charge < -0.3 is 19.1 Å². The van der Waals surface area contributed by atoms with Crippen molar-refractivity contribution in [2.45, 2.75) is 45.1 Å². The molecule has 2 heterocycles. The highest BCUT2D eigenvalue weighted by Gasteiger charge is 2.32. The quantitative estimate of drug-likeness (QED) is 0.318. The van der Waals surface area contributed by atoms with E-state index in [9.17, 15) is 4.79 Å². The zero-order chi connectivity index (χ0) is 26.6. The van der Waals surface area contributed by atoms with Crippen LogP contribution in [0.5, 0.6) is 11.5 Å². The van der Waals surface area contributed by atoms with Gasteiger partial charge in [0.1, 0.15) is 29.2 Å². The fourth-order valence-electron chi connectivity index (χ4n) is 6.06. The lowest BCUT2D eigenvalue weighted by Gasteiger charge is -2.19. The average Bonchev–Trinajstić information content (AvgIpc) is 3.59. The Bertz CT molecular complexity index is 1550. The molecule has 6 rings (SSSR count). The van der Waals surface area contributed by atoms with E-state index in [0.29, 0.717) is 30.1 Å². The lowest BCUT2D eigenvalue weighted by Crippen LogP contribution is -2.07. The van der Waals surface area contributed by atoms with Gasteiger partial charge >= 0.3 is 5.97 Å². The van der Waals surface area contributed by atoms with Crippen molar-refractivity contribution in [3.8, 4) is 34.0 Å². The third-order valence-electron chi connectivity index (χ3n) is 7.73. The van der Waals surface area contributed by atoms with E-state index in [2.05, 4.69) is 31.0 Å². The maximum Gasteiger partial charge on any atom is 0.304 e. The van der Waals surface area contributed by atoms with Crippen LogP contribution < -0.4 is 9.47 Å². The number of nitrogens with zero attached hydrogens (tertiary/aromatic N) is 2. The topological polar surface area (TPSA) is 73.6 Å². The van der Waals surface area contributed by atoms with Crippen molar-refractivity contribution in [1.82, 2.24) is 9.55 Å². The van der Waals surface area contributed by atoms with E-state index >= 15 is 4.39 Å². The van der Waals surface area contributed by atoms with Gasteiger partial charge in [0, 0.05) is 48.1 Å². The average molecular weight is 513 g/mol. The van der Waals surface area contributed by atoms with E-state index in [1.165, 1.54) is 0 Å². The number of benzene rings is 3. The number of aromatic nitrogens is 2. The van der Waals surface area contributed by atoms with Crippen LogP contribution in [-0.4, -0.2) is 27.2 Å². The summed E-state index contributed by atoms with van der Waals surface area (Å²) in [5.74, 6) is 0.865. The second-order valence-corrected chi connectivity index (χ2v) is 10.3. The third-order valence-corrected chi connectivity index (χ3v) is 7.73. The molecule has 6 nitrogen and oxygen atoms in total. The summed E-state index contributed by atoms with van der Waals surface area (Å²) in [5, 5.41) is 9.15. The molecule has 1 aliphatic carbocycles. The lowest BCUT2D eigenvalue weighted by molar-refractivity contribution is -0.137. The standard InChI is InChI=1S/C31H29FN2O4/c1-17-12-19(31-33-10-11-34(31)3)13-18(2)29(17)23-6-8-25(32)30-24(23)7-9-26(30)38-21-4-5-22-20(14-28(35)36)16-37-27(22)15-21/h4-6,8,10-13,15,20,26H,7,9,14,16H2,1-3H3,(H,35,36)/t20?,26-/m1/s1. The van der Waals surface area contributed by atoms with Crippen LogP contribution in [0.3, 0.4) is 0 Å². The molecule has 4 aromatic rings. The number of imidazole rings is 1. The van der Waals surface area contributed by atoms with Crippen molar-refractivity contribution in [2.24, 2.45) is 7.05 Å². The van der Waals surface area contributed by atoms with Gasteiger partial charge in [-0.1, -0.05) is 12.1 Å². The molecule has 2 atom stereocenters. The highest BCUT2D eigenvalue weighted by atomic mass is 19.1. The first-order chi connectivity index (χ1) is 18.3. The molecule has 2 aliphatic rings. The first-order valence-corrected chi connectivity index (χ1v) is 12.9. The summed E-state index contributed by atoms with van der Waals surface area (Å²) in [6.07, 6.45) is 4.73. The van der Waals surface area contributed by atoms with Gasteiger partial charge in [0.05, 0.1) is 13.0 Å². The van der Waals surface area contributed by atoms with E-state index < -0.39 is 12.1 Å². The highest BCUT2D eigenvalue weighted by molar-refractivity contribution is 5.78. The Morgan fingerprint density at radius 3 is 2.68 bits per heavy atom. The van der Waals surface area contributed by atoms with E-state index in [1.54, 1.807) is 18.3 Å². The SMILES string of the molecule is Cc1cc(-c2nccn2C)cc(C)c1-c1ccc(F)c2c1CC[C@H]2Oc1ccc2c(c1)OCC2CC(=O)O. The number of fused-ring (bicyclic) bond motifs is 2. The highest BCUT2D eigenvalue weighted by Crippen LogP contribution is 2.45. The van der Waals surface area contributed by atoms with Crippen LogP contribution in [0.1, 0.15) is 52.7 Å². The summed E-state index contributed by atoms with van der Waals surface area (Å²) < 4.78 is 29.3. The Balaban J connectivity index is 1.31. The van der Waals surface area contributed by atoms with E-state index in [-0.39, 0.29) is 18.2 Å². The van der Waals surface area contributed by atoms with Gasteiger partial charge in [-0.05, 0) is 78.8 Å². The molecular weight excluding hydrogens is 483 g/mol. The molecule has 7 heteroatoms. The molecule has 0 saturated carbocycles. The predicted octanol–water partition coefficient (Wildman–Crippen LogP) is 6.53. The van der Waals surface area contributed by atoms with Crippen molar-refractivity contribution >= 4 is 5.97 Å². The van der Waals surface area contributed by atoms with Crippen molar-refractivity contribution in [3.63, 3.8) is 0 Å². The number of aryl methyl sites for hydroxylation is 3. The van der Waals surface area contributed by atoms with Gasteiger partial charge in [0.15, 0.2) is 0 Å². The minimum atomic E-state index is -0.850. The summed E-state index contributed by atoms with van der Waals surface area (Å²) in [5.41, 5.74) is 7.93. The number of rotatable bonds is 6. The number of carboxylic acid groups (broad SMARTS) is 1. The van der Waals surface area contributed by atoms with Crippen molar-refractivity contribution < 1.29 is 23.8 Å². The Kier molecular flexibility index (Phi) is 5.94. The number of aliphatic carboxylic acids is 1. The maximum atomic E-state index is 15.3. The molecule has 0 amide bonds. The Labute approximate surface area is 220 Å². The van der Waals surface area contributed by atoms with Crippen LogP contribution in [-0.2, 0) is 18.3 Å². The van der Waals surface area contributed by atoms with Gasteiger partial charge in [-0.2, -0.15) is 0 Å². The van der Waals surface area contributed by atoms with E-state index in [4.69, 9.17) is 14.6 Å². The van der Waals surface area contributed by atoms with Crippen molar-refractivity contribution in [1.29, 1.82) is 0 Å². The molecule has 194 valence electrons. The zero-order valence-corrected chi connectivity index (χ0v) is 21.6. The first-order valence-electron chi connectivity index (χ1n) is 12.9. The van der Waals surface area contributed by atoms with Crippen LogP contribution in [0, 0.1) is 19.7 Å². The molecule has 0 radical (unpaired) electrons. The molecule has 0 fully saturated rings. The van der Waals surface area contributed by atoms with Crippen LogP contribution in [0.15, 0.2) is 54.9 Å². The molecule has 1 aliphatic heterocycles. The predicted molar refractivity (Wildman–Crippen MR) is 142 cm³/mol. The number of hydrogen-bond donors (Lipinski definition) is 1. The molecule has 0 saturated heterocycles. The van der Waals surface area contributed by atoms with E-state index in [0.717, 1.165) is 51.2 Å². The molecular formula is C31H29FN2O4. The minimum Gasteiger partial charge on any atom is -0.492 e. The van der Waals surface area contributed by atoms with Gasteiger partial charge in [-0.25, -0.2) is 9.37 Å². The second-order valence-electron chi connectivity index (χ2n) is 10.3. The normalized spacial score (nSPS) is 17.7. The van der Waals surface area contributed by atoms with Gasteiger partial charge in [-0.15, -0.1) is 0 Å². The lowest BCUT2D eigenvalue weighted by atomic mass is 9.89. The van der Waals surface area contributed by atoms with Crippen LogP contribution in [0.2, 0.25) is 0 Å². The third kappa shape index (κ3) is 4.12. The fraction of sp³-hybridized carbons (Fsp3) is 0.290. The number of carbonyl (C=O) groups is 1. The first kappa shape index (κ1) is 24.2. The van der Waals surface area contributed by atoms with Crippen molar-refractivity contribution in [3.05, 3.63) is 88.5 Å². The molecule has 1 unspecified atom stereocenters. The number of hydrogen-bond acceptors (Lipinski definition) is 4. The van der Waals surface area contributed by atoms with Crippen LogP contribution in [0.25, 0.3) is 22.5 Å². The van der Waals surface area contributed by atoms with E-state index in [1.807, 2.05) is 36.0 Å². The molecule has 0 bridgehead atoms. The summed E-state index contributed by atoms with van der Waals surface area (Å²) in [4.78, 5) is 15.6. The Morgan fingerprint density at radius 2 is 1.97 bits per heavy atom. The number of carboxylic acids is 1. The summed E-state index contributed by atoms with van der Waals surface area (Å²) in [7, 11) is 1.98.